The molecular formula is C16H32N2O. The van der Waals surface area contributed by atoms with Gasteiger partial charge in [0.25, 0.3) is 0 Å². The summed E-state index contributed by atoms with van der Waals surface area (Å²) in [5.74, 6) is 1.88. The highest BCUT2D eigenvalue weighted by Gasteiger charge is 2.18. The first-order chi connectivity index (χ1) is 9.24. The number of hydrogen-bond acceptors (Lipinski definition) is 3. The van der Waals surface area contributed by atoms with E-state index in [2.05, 4.69) is 17.1 Å². The molecule has 1 heterocycles. The zero-order valence-electron chi connectivity index (χ0n) is 12.6. The fraction of sp³-hybridized carbons (Fsp3) is 1.00. The molecule has 2 fully saturated rings. The molecule has 0 radical (unpaired) electrons. The second-order valence-electron chi connectivity index (χ2n) is 6.78. The van der Waals surface area contributed by atoms with Crippen molar-refractivity contribution in [3.8, 4) is 0 Å². The van der Waals surface area contributed by atoms with Crippen molar-refractivity contribution in [2.24, 2.45) is 11.8 Å². The Labute approximate surface area is 118 Å². The van der Waals surface area contributed by atoms with Gasteiger partial charge >= 0.3 is 0 Å². The van der Waals surface area contributed by atoms with Crippen LogP contribution in [0, 0.1) is 11.8 Å². The summed E-state index contributed by atoms with van der Waals surface area (Å²) in [5, 5.41) is 13.4. The van der Waals surface area contributed by atoms with E-state index in [1.54, 1.807) is 0 Å². The van der Waals surface area contributed by atoms with E-state index >= 15 is 0 Å². The van der Waals surface area contributed by atoms with Crippen molar-refractivity contribution in [2.75, 3.05) is 32.7 Å². The second kappa shape index (κ2) is 8.23. The van der Waals surface area contributed by atoms with E-state index in [9.17, 15) is 5.11 Å². The van der Waals surface area contributed by atoms with Crippen LogP contribution in [-0.2, 0) is 0 Å². The van der Waals surface area contributed by atoms with Crippen LogP contribution in [0.5, 0.6) is 0 Å². The Morgan fingerprint density at radius 3 is 2.53 bits per heavy atom. The molecule has 2 N–H and O–H groups in total. The highest BCUT2D eigenvalue weighted by Crippen LogP contribution is 2.29. The average Bonchev–Trinajstić information content (AvgIpc) is 2.89. The molecule has 2 aliphatic rings. The second-order valence-corrected chi connectivity index (χ2v) is 6.78. The SMILES string of the molecule is CC1CCC(CCNCC(O)CN2CCCC2)CC1. The van der Waals surface area contributed by atoms with Crippen LogP contribution in [0.4, 0.5) is 0 Å². The smallest absolute Gasteiger partial charge is 0.0791 e. The minimum atomic E-state index is -0.190. The lowest BCUT2D eigenvalue weighted by molar-refractivity contribution is 0.123. The molecule has 3 heteroatoms. The predicted molar refractivity (Wildman–Crippen MR) is 80.3 cm³/mol. The molecular weight excluding hydrogens is 236 g/mol. The normalized spacial score (nSPS) is 30.6. The van der Waals surface area contributed by atoms with Crippen molar-refractivity contribution in [1.29, 1.82) is 0 Å². The summed E-state index contributed by atoms with van der Waals surface area (Å²) >= 11 is 0. The number of β-amino-alcohol motifs (C(OH)–C–C–N with tert-alkyl or cyclic N) is 1. The van der Waals surface area contributed by atoms with Crippen molar-refractivity contribution < 1.29 is 5.11 Å². The van der Waals surface area contributed by atoms with Gasteiger partial charge in [-0.1, -0.05) is 32.6 Å². The van der Waals surface area contributed by atoms with E-state index in [0.717, 1.165) is 31.5 Å². The third-order valence-electron chi connectivity index (χ3n) is 4.91. The predicted octanol–water partition coefficient (Wildman–Crippen LogP) is 2.25. The first kappa shape index (κ1) is 15.3. The third kappa shape index (κ3) is 5.80. The van der Waals surface area contributed by atoms with Crippen LogP contribution in [0.3, 0.4) is 0 Å². The Balaban J connectivity index is 1.47. The highest BCUT2D eigenvalue weighted by molar-refractivity contribution is 4.73. The molecule has 0 spiro atoms. The van der Waals surface area contributed by atoms with Gasteiger partial charge in [0.15, 0.2) is 0 Å². The van der Waals surface area contributed by atoms with Gasteiger partial charge < -0.3 is 15.3 Å². The summed E-state index contributed by atoms with van der Waals surface area (Å²) in [4.78, 5) is 2.38. The third-order valence-corrected chi connectivity index (χ3v) is 4.91. The molecule has 0 aromatic rings. The topological polar surface area (TPSA) is 35.5 Å². The van der Waals surface area contributed by atoms with Crippen molar-refractivity contribution in [2.45, 2.75) is 58.0 Å². The molecule has 2 rings (SSSR count). The van der Waals surface area contributed by atoms with Crippen molar-refractivity contribution in [3.63, 3.8) is 0 Å². The van der Waals surface area contributed by atoms with Gasteiger partial charge in [0.1, 0.15) is 0 Å². The van der Waals surface area contributed by atoms with Crippen LogP contribution in [0.2, 0.25) is 0 Å². The van der Waals surface area contributed by atoms with Gasteiger partial charge in [-0.3, -0.25) is 0 Å². The monoisotopic (exact) mass is 268 g/mol. The van der Waals surface area contributed by atoms with E-state index in [-0.39, 0.29) is 6.10 Å². The lowest BCUT2D eigenvalue weighted by Gasteiger charge is -2.26. The summed E-state index contributed by atoms with van der Waals surface area (Å²) in [7, 11) is 0. The molecule has 1 saturated carbocycles. The van der Waals surface area contributed by atoms with E-state index in [1.807, 2.05) is 0 Å². The Hall–Kier alpha value is -0.120. The fourth-order valence-electron chi connectivity index (χ4n) is 3.52. The molecule has 0 aromatic heterocycles. The molecule has 1 aliphatic carbocycles. The van der Waals surface area contributed by atoms with Crippen molar-refractivity contribution in [3.05, 3.63) is 0 Å². The maximum absolute atomic E-state index is 9.98. The van der Waals surface area contributed by atoms with Crippen LogP contribution in [0.1, 0.15) is 51.9 Å². The number of rotatable bonds is 7. The quantitative estimate of drug-likeness (QED) is 0.695. The molecule has 0 aromatic carbocycles. The zero-order chi connectivity index (χ0) is 13.5. The number of nitrogens with zero attached hydrogens (tertiary/aromatic N) is 1. The van der Waals surface area contributed by atoms with Crippen LogP contribution < -0.4 is 5.32 Å². The number of nitrogens with one attached hydrogen (secondary N) is 1. The number of likely N-dealkylation sites (tertiary alicyclic amines) is 1. The summed E-state index contributed by atoms with van der Waals surface area (Å²) < 4.78 is 0. The van der Waals surface area contributed by atoms with Gasteiger partial charge in [0.2, 0.25) is 0 Å². The van der Waals surface area contributed by atoms with E-state index in [0.29, 0.717) is 0 Å². The van der Waals surface area contributed by atoms with E-state index in [4.69, 9.17) is 0 Å². The summed E-state index contributed by atoms with van der Waals surface area (Å²) in [6, 6.07) is 0. The van der Waals surface area contributed by atoms with Crippen LogP contribution in [0.25, 0.3) is 0 Å². The van der Waals surface area contributed by atoms with Gasteiger partial charge in [0.05, 0.1) is 6.10 Å². The van der Waals surface area contributed by atoms with Gasteiger partial charge in [0, 0.05) is 13.1 Å². The molecule has 19 heavy (non-hydrogen) atoms. The molecule has 1 aliphatic heterocycles. The Bertz CT molecular complexity index is 233. The molecule has 0 bridgehead atoms. The van der Waals surface area contributed by atoms with Crippen LogP contribution in [-0.4, -0.2) is 48.8 Å². The Kier molecular flexibility index (Phi) is 6.62. The van der Waals surface area contributed by atoms with E-state index < -0.39 is 0 Å². The van der Waals surface area contributed by atoms with Gasteiger partial charge in [-0.15, -0.1) is 0 Å². The maximum atomic E-state index is 9.98. The Morgan fingerprint density at radius 2 is 1.84 bits per heavy atom. The lowest BCUT2D eigenvalue weighted by atomic mass is 9.81. The maximum Gasteiger partial charge on any atom is 0.0791 e. The molecule has 3 nitrogen and oxygen atoms in total. The summed E-state index contributed by atoms with van der Waals surface area (Å²) in [6.07, 6.45) is 9.39. The largest absolute Gasteiger partial charge is 0.390 e. The molecule has 0 amide bonds. The van der Waals surface area contributed by atoms with Gasteiger partial charge in [-0.2, -0.15) is 0 Å². The van der Waals surface area contributed by atoms with Crippen molar-refractivity contribution in [1.82, 2.24) is 10.2 Å². The first-order valence-electron chi connectivity index (χ1n) is 8.35. The molecule has 112 valence electrons. The van der Waals surface area contributed by atoms with Crippen molar-refractivity contribution >= 4 is 0 Å². The van der Waals surface area contributed by atoms with Crippen LogP contribution >= 0.6 is 0 Å². The van der Waals surface area contributed by atoms with E-state index in [1.165, 1.54) is 58.0 Å². The van der Waals surface area contributed by atoms with Crippen LogP contribution in [0.15, 0.2) is 0 Å². The number of aliphatic hydroxyl groups is 1. The Morgan fingerprint density at radius 1 is 1.16 bits per heavy atom. The zero-order valence-corrected chi connectivity index (χ0v) is 12.6. The standard InChI is InChI=1S/C16H32N2O/c1-14-4-6-15(7-5-14)8-9-17-12-16(19)13-18-10-2-3-11-18/h14-17,19H,2-13H2,1H3. The molecule has 1 unspecified atom stereocenters. The lowest BCUT2D eigenvalue weighted by Crippen LogP contribution is -2.37. The number of hydrogen-bond donors (Lipinski definition) is 2. The number of aliphatic hydroxyl groups excluding tert-OH is 1. The minimum Gasteiger partial charge on any atom is -0.390 e. The minimum absolute atomic E-state index is 0.190. The molecule has 1 saturated heterocycles. The molecule has 1 atom stereocenters. The highest BCUT2D eigenvalue weighted by atomic mass is 16.3. The summed E-state index contributed by atoms with van der Waals surface area (Å²) in [6.45, 7) is 7.43. The first-order valence-corrected chi connectivity index (χ1v) is 8.35. The van der Waals surface area contributed by atoms with Gasteiger partial charge in [-0.05, 0) is 50.7 Å². The fourth-order valence-corrected chi connectivity index (χ4v) is 3.52. The van der Waals surface area contributed by atoms with Gasteiger partial charge in [-0.25, -0.2) is 0 Å². The summed E-state index contributed by atoms with van der Waals surface area (Å²) in [5.41, 5.74) is 0. The average molecular weight is 268 g/mol.